The quantitative estimate of drug-likeness (QED) is 0.924. The van der Waals surface area contributed by atoms with Gasteiger partial charge in [0, 0.05) is 51.3 Å². The summed E-state index contributed by atoms with van der Waals surface area (Å²) >= 11 is 0. The van der Waals surface area contributed by atoms with Gasteiger partial charge in [0.1, 0.15) is 0 Å². The zero-order valence-corrected chi connectivity index (χ0v) is 13.9. The van der Waals surface area contributed by atoms with Crippen molar-refractivity contribution < 1.29 is 9.59 Å². The maximum atomic E-state index is 12.3. The number of nitrogens with zero attached hydrogens (tertiary/aromatic N) is 2. The molecule has 5 nitrogen and oxygen atoms in total. The predicted molar refractivity (Wildman–Crippen MR) is 89.9 cm³/mol. The molecular weight excluding hydrogens is 290 g/mol. The molecule has 1 aliphatic carbocycles. The van der Waals surface area contributed by atoms with Gasteiger partial charge in [0.25, 0.3) is 0 Å². The van der Waals surface area contributed by atoms with E-state index in [1.165, 1.54) is 12.5 Å². The number of hydrogen-bond donors (Lipinski definition) is 1. The summed E-state index contributed by atoms with van der Waals surface area (Å²) in [5, 5.41) is 2.82. The minimum atomic E-state index is -0.0522. The van der Waals surface area contributed by atoms with Crippen molar-refractivity contribution in [1.29, 1.82) is 0 Å². The van der Waals surface area contributed by atoms with Gasteiger partial charge in [-0.05, 0) is 30.0 Å². The van der Waals surface area contributed by atoms with Gasteiger partial charge in [0.15, 0.2) is 0 Å². The molecule has 1 aromatic carbocycles. The number of hydrogen-bond acceptors (Lipinski definition) is 3. The Bertz CT molecular complexity index is 594. The molecule has 124 valence electrons. The number of benzene rings is 1. The number of piperazine rings is 1. The third-order valence-electron chi connectivity index (χ3n) is 4.76. The van der Waals surface area contributed by atoms with E-state index in [1.54, 1.807) is 0 Å². The highest BCUT2D eigenvalue weighted by Gasteiger charge is 2.41. The Morgan fingerprint density at radius 1 is 1.22 bits per heavy atom. The van der Waals surface area contributed by atoms with Crippen LogP contribution in [0.4, 0.5) is 5.69 Å². The first-order valence-corrected chi connectivity index (χ1v) is 8.40. The van der Waals surface area contributed by atoms with Crippen LogP contribution in [0.5, 0.6) is 0 Å². The molecule has 2 atom stereocenters. The highest BCUT2D eigenvalue weighted by Crippen LogP contribution is 2.39. The molecular formula is C18H25N3O2. The van der Waals surface area contributed by atoms with Gasteiger partial charge >= 0.3 is 0 Å². The Morgan fingerprint density at radius 3 is 2.52 bits per heavy atom. The van der Waals surface area contributed by atoms with E-state index >= 15 is 0 Å². The van der Waals surface area contributed by atoms with Gasteiger partial charge in [-0.3, -0.25) is 14.5 Å². The number of amides is 2. The van der Waals surface area contributed by atoms with Crippen molar-refractivity contribution in [2.24, 2.45) is 11.8 Å². The topological polar surface area (TPSA) is 52.7 Å². The van der Waals surface area contributed by atoms with E-state index < -0.39 is 0 Å². The summed E-state index contributed by atoms with van der Waals surface area (Å²) < 4.78 is 0. The molecule has 1 heterocycles. The molecule has 23 heavy (non-hydrogen) atoms. The minimum Gasteiger partial charge on any atom is -0.340 e. The predicted octanol–water partition coefficient (Wildman–Crippen LogP) is 1.95. The van der Waals surface area contributed by atoms with Crippen LogP contribution in [0, 0.1) is 11.8 Å². The number of rotatable bonds is 4. The zero-order valence-electron chi connectivity index (χ0n) is 13.9. The van der Waals surface area contributed by atoms with E-state index in [-0.39, 0.29) is 11.8 Å². The van der Waals surface area contributed by atoms with Crippen LogP contribution in [0.2, 0.25) is 0 Å². The van der Waals surface area contributed by atoms with Crippen LogP contribution in [0.1, 0.15) is 25.8 Å². The molecule has 0 spiro atoms. The molecule has 0 unspecified atom stereocenters. The Labute approximate surface area is 137 Å². The Morgan fingerprint density at radius 2 is 1.91 bits per heavy atom. The lowest BCUT2D eigenvalue weighted by Crippen LogP contribution is -2.48. The van der Waals surface area contributed by atoms with Crippen LogP contribution in [0.25, 0.3) is 0 Å². The van der Waals surface area contributed by atoms with Gasteiger partial charge in [-0.1, -0.05) is 19.1 Å². The molecule has 0 aromatic heterocycles. The second kappa shape index (κ2) is 6.71. The number of nitrogens with one attached hydrogen (secondary N) is 1. The summed E-state index contributed by atoms with van der Waals surface area (Å²) in [6.07, 6.45) is 1.06. The Hall–Kier alpha value is -1.88. The summed E-state index contributed by atoms with van der Waals surface area (Å²) in [6.45, 7) is 8.01. The number of carbonyl (C=O) groups is 2. The SMILES string of the molecule is CC(=O)Nc1cccc(CN2CCN(C(=O)[C@H]3C[C@H]3C)CC2)c1. The van der Waals surface area contributed by atoms with Gasteiger partial charge < -0.3 is 10.2 Å². The van der Waals surface area contributed by atoms with Crippen LogP contribution in [-0.4, -0.2) is 47.8 Å². The summed E-state index contributed by atoms with van der Waals surface area (Å²) in [5.74, 6) is 1.17. The molecule has 0 radical (unpaired) electrons. The average Bonchev–Trinajstić information content (AvgIpc) is 3.24. The molecule has 3 rings (SSSR count). The third-order valence-corrected chi connectivity index (χ3v) is 4.76. The van der Waals surface area contributed by atoms with Crippen LogP contribution in [0.15, 0.2) is 24.3 Å². The second-order valence-corrected chi connectivity index (χ2v) is 6.80. The van der Waals surface area contributed by atoms with Crippen molar-refractivity contribution in [2.75, 3.05) is 31.5 Å². The van der Waals surface area contributed by atoms with Crippen LogP contribution < -0.4 is 5.32 Å². The smallest absolute Gasteiger partial charge is 0.226 e. The molecule has 1 aliphatic heterocycles. The van der Waals surface area contributed by atoms with Gasteiger partial charge in [-0.2, -0.15) is 0 Å². The van der Waals surface area contributed by atoms with E-state index in [1.807, 2.05) is 23.1 Å². The first kappa shape index (κ1) is 16.0. The summed E-state index contributed by atoms with van der Waals surface area (Å²) in [5.41, 5.74) is 2.03. The van der Waals surface area contributed by atoms with Crippen molar-refractivity contribution in [3.63, 3.8) is 0 Å². The summed E-state index contributed by atoms with van der Waals surface area (Å²) in [4.78, 5) is 27.8. The minimum absolute atomic E-state index is 0.0522. The molecule has 2 aliphatic rings. The molecule has 1 saturated heterocycles. The number of anilines is 1. The van der Waals surface area contributed by atoms with Gasteiger partial charge in [0.05, 0.1) is 0 Å². The average molecular weight is 315 g/mol. The molecule has 0 bridgehead atoms. The lowest BCUT2D eigenvalue weighted by Gasteiger charge is -2.35. The molecule has 5 heteroatoms. The number of carbonyl (C=O) groups excluding carboxylic acids is 2. The van der Waals surface area contributed by atoms with Gasteiger partial charge in [0.2, 0.25) is 11.8 Å². The van der Waals surface area contributed by atoms with Crippen molar-refractivity contribution in [3.8, 4) is 0 Å². The molecule has 2 amide bonds. The van der Waals surface area contributed by atoms with E-state index in [4.69, 9.17) is 0 Å². The lowest BCUT2D eigenvalue weighted by molar-refractivity contribution is -0.134. The normalized spacial score (nSPS) is 24.3. The summed E-state index contributed by atoms with van der Waals surface area (Å²) in [6, 6.07) is 7.96. The van der Waals surface area contributed by atoms with Gasteiger partial charge in [-0.25, -0.2) is 0 Å². The fourth-order valence-corrected chi connectivity index (χ4v) is 3.24. The maximum absolute atomic E-state index is 12.3. The van der Waals surface area contributed by atoms with Crippen molar-refractivity contribution in [2.45, 2.75) is 26.8 Å². The van der Waals surface area contributed by atoms with Crippen LogP contribution >= 0.6 is 0 Å². The van der Waals surface area contributed by atoms with Crippen LogP contribution in [-0.2, 0) is 16.1 Å². The zero-order chi connectivity index (χ0) is 16.4. The second-order valence-electron chi connectivity index (χ2n) is 6.80. The Balaban J connectivity index is 1.50. The van der Waals surface area contributed by atoms with Crippen molar-refractivity contribution in [3.05, 3.63) is 29.8 Å². The monoisotopic (exact) mass is 315 g/mol. The third kappa shape index (κ3) is 4.10. The van der Waals surface area contributed by atoms with E-state index in [0.29, 0.717) is 11.8 Å². The standard InChI is InChI=1S/C18H25N3O2/c1-13-10-17(13)18(23)21-8-6-20(7-9-21)12-15-4-3-5-16(11-15)19-14(2)22/h3-5,11,13,17H,6-10,12H2,1-2H3,(H,19,22)/t13-,17+/m1/s1. The van der Waals surface area contributed by atoms with E-state index in [0.717, 1.165) is 44.8 Å². The van der Waals surface area contributed by atoms with Crippen LogP contribution in [0.3, 0.4) is 0 Å². The summed E-state index contributed by atoms with van der Waals surface area (Å²) in [7, 11) is 0. The van der Waals surface area contributed by atoms with Crippen molar-refractivity contribution in [1.82, 2.24) is 9.80 Å². The molecule has 1 saturated carbocycles. The van der Waals surface area contributed by atoms with E-state index in [9.17, 15) is 9.59 Å². The molecule has 1 aromatic rings. The highest BCUT2D eigenvalue weighted by atomic mass is 16.2. The molecule has 1 N–H and O–H groups in total. The van der Waals surface area contributed by atoms with Crippen molar-refractivity contribution >= 4 is 17.5 Å². The first-order valence-electron chi connectivity index (χ1n) is 8.40. The van der Waals surface area contributed by atoms with E-state index in [2.05, 4.69) is 23.2 Å². The Kier molecular flexibility index (Phi) is 4.66. The lowest BCUT2D eigenvalue weighted by atomic mass is 10.1. The molecule has 2 fully saturated rings. The van der Waals surface area contributed by atoms with Gasteiger partial charge in [-0.15, -0.1) is 0 Å². The maximum Gasteiger partial charge on any atom is 0.226 e. The fourth-order valence-electron chi connectivity index (χ4n) is 3.24. The fraction of sp³-hybridized carbons (Fsp3) is 0.556. The largest absolute Gasteiger partial charge is 0.340 e. The first-order chi connectivity index (χ1) is 11.0. The highest BCUT2D eigenvalue weighted by molar-refractivity contribution is 5.88.